The van der Waals surface area contributed by atoms with Crippen molar-refractivity contribution in [3.05, 3.63) is 59.7 Å². The second-order valence-corrected chi connectivity index (χ2v) is 4.57. The maximum absolute atomic E-state index is 12.0. The van der Waals surface area contributed by atoms with E-state index in [-0.39, 0.29) is 12.5 Å². The lowest BCUT2D eigenvalue weighted by Gasteiger charge is -2.11. The summed E-state index contributed by atoms with van der Waals surface area (Å²) in [6.45, 7) is -0.263. The first-order chi connectivity index (χ1) is 11.2. The molecule has 0 aromatic heterocycles. The van der Waals surface area contributed by atoms with E-state index in [1.54, 1.807) is 48.5 Å². The van der Waals surface area contributed by atoms with E-state index in [0.717, 1.165) is 0 Å². The summed E-state index contributed by atoms with van der Waals surface area (Å²) in [6.07, 6.45) is 0. The second-order valence-electron chi connectivity index (χ2n) is 4.57. The van der Waals surface area contributed by atoms with Gasteiger partial charge in [-0.15, -0.1) is 0 Å². The number of amides is 2. The Morgan fingerprint density at radius 2 is 1.83 bits per heavy atom. The molecule has 0 atom stereocenters. The lowest BCUT2D eigenvalue weighted by Crippen LogP contribution is -2.24. The predicted molar refractivity (Wildman–Crippen MR) is 85.1 cm³/mol. The van der Waals surface area contributed by atoms with Crippen LogP contribution in [-0.4, -0.2) is 25.5 Å². The average Bonchev–Trinajstić information content (AvgIpc) is 2.60. The number of benzene rings is 2. The van der Waals surface area contributed by atoms with Crippen molar-refractivity contribution < 1.29 is 14.3 Å². The summed E-state index contributed by atoms with van der Waals surface area (Å²) in [5.74, 6) is -0.379. The van der Waals surface area contributed by atoms with Gasteiger partial charge in [-0.3, -0.25) is 9.59 Å². The molecule has 2 amide bonds. The van der Waals surface area contributed by atoms with Gasteiger partial charge in [-0.05, 0) is 24.3 Å². The standard InChI is InChI=1S/C17H15N3O3/c1-19-17(22)13-7-3-4-8-14(13)20-16(21)11-23-15-9-5-2-6-12(15)10-18/h2-9H,11H2,1H3,(H,19,22)(H,20,21). The van der Waals surface area contributed by atoms with Crippen LogP contribution in [-0.2, 0) is 4.79 Å². The largest absolute Gasteiger partial charge is 0.482 e. The van der Waals surface area contributed by atoms with Gasteiger partial charge in [0.2, 0.25) is 0 Å². The van der Waals surface area contributed by atoms with Crippen LogP contribution in [0.15, 0.2) is 48.5 Å². The summed E-state index contributed by atoms with van der Waals surface area (Å²) in [7, 11) is 1.52. The summed E-state index contributed by atoms with van der Waals surface area (Å²) >= 11 is 0. The normalized spacial score (nSPS) is 9.57. The highest BCUT2D eigenvalue weighted by molar-refractivity contribution is 6.03. The smallest absolute Gasteiger partial charge is 0.262 e. The molecule has 116 valence electrons. The fourth-order valence-electron chi connectivity index (χ4n) is 1.94. The number of nitrogens with zero attached hydrogens (tertiary/aromatic N) is 1. The Bertz CT molecular complexity index is 766. The van der Waals surface area contributed by atoms with E-state index in [1.807, 2.05) is 6.07 Å². The molecule has 0 bridgehead atoms. The molecule has 0 spiro atoms. The van der Waals surface area contributed by atoms with E-state index < -0.39 is 5.91 Å². The van der Waals surface area contributed by atoms with E-state index in [1.165, 1.54) is 7.05 Å². The number of carbonyl (C=O) groups excluding carboxylic acids is 2. The minimum Gasteiger partial charge on any atom is -0.482 e. The predicted octanol–water partition coefficient (Wildman–Crippen LogP) is 1.94. The first kappa shape index (κ1) is 16.0. The number of para-hydroxylation sites is 2. The number of nitriles is 1. The SMILES string of the molecule is CNC(=O)c1ccccc1NC(=O)COc1ccccc1C#N. The fourth-order valence-corrected chi connectivity index (χ4v) is 1.94. The number of hydrogen-bond acceptors (Lipinski definition) is 4. The van der Waals surface area contributed by atoms with Crippen LogP contribution in [0.3, 0.4) is 0 Å². The van der Waals surface area contributed by atoms with Crippen LogP contribution in [0.5, 0.6) is 5.75 Å². The van der Waals surface area contributed by atoms with Gasteiger partial charge in [0.25, 0.3) is 11.8 Å². The van der Waals surface area contributed by atoms with Crippen molar-refractivity contribution in [1.82, 2.24) is 5.32 Å². The topological polar surface area (TPSA) is 91.2 Å². The molecule has 0 radical (unpaired) electrons. The van der Waals surface area contributed by atoms with Crippen LogP contribution in [0.25, 0.3) is 0 Å². The van der Waals surface area contributed by atoms with E-state index >= 15 is 0 Å². The van der Waals surface area contributed by atoms with E-state index in [0.29, 0.717) is 22.6 Å². The zero-order valence-corrected chi connectivity index (χ0v) is 12.5. The summed E-state index contributed by atoms with van der Waals surface area (Å²) < 4.78 is 5.35. The molecule has 23 heavy (non-hydrogen) atoms. The molecule has 0 saturated carbocycles. The van der Waals surface area contributed by atoms with Crippen molar-refractivity contribution in [3.8, 4) is 11.8 Å². The number of rotatable bonds is 5. The number of carbonyl (C=O) groups is 2. The Kier molecular flexibility index (Phi) is 5.31. The zero-order chi connectivity index (χ0) is 16.7. The van der Waals surface area contributed by atoms with Gasteiger partial charge in [0, 0.05) is 7.05 Å². The molecule has 0 unspecified atom stereocenters. The quantitative estimate of drug-likeness (QED) is 0.883. The van der Waals surface area contributed by atoms with Crippen LogP contribution < -0.4 is 15.4 Å². The number of anilines is 1. The van der Waals surface area contributed by atoms with Gasteiger partial charge in [-0.2, -0.15) is 5.26 Å². The van der Waals surface area contributed by atoms with Gasteiger partial charge < -0.3 is 15.4 Å². The lowest BCUT2D eigenvalue weighted by atomic mass is 10.1. The van der Waals surface area contributed by atoms with Crippen LogP contribution >= 0.6 is 0 Å². The molecular formula is C17H15N3O3. The number of ether oxygens (including phenoxy) is 1. The average molecular weight is 309 g/mol. The maximum Gasteiger partial charge on any atom is 0.262 e. The summed E-state index contributed by atoms with van der Waals surface area (Å²) in [4.78, 5) is 23.7. The Hall–Kier alpha value is -3.33. The third-order valence-electron chi connectivity index (χ3n) is 3.04. The lowest BCUT2D eigenvalue weighted by molar-refractivity contribution is -0.118. The summed E-state index contributed by atoms with van der Waals surface area (Å²) in [6, 6.07) is 15.3. The molecule has 0 aliphatic rings. The molecule has 2 N–H and O–H groups in total. The van der Waals surface area contributed by atoms with E-state index in [9.17, 15) is 9.59 Å². The maximum atomic E-state index is 12.0. The number of nitrogens with one attached hydrogen (secondary N) is 2. The molecule has 6 heteroatoms. The van der Waals surface area contributed by atoms with Gasteiger partial charge >= 0.3 is 0 Å². The van der Waals surface area contributed by atoms with Crippen molar-refractivity contribution in [2.45, 2.75) is 0 Å². The molecule has 2 rings (SSSR count). The summed E-state index contributed by atoms with van der Waals surface area (Å²) in [5, 5.41) is 14.1. The van der Waals surface area contributed by atoms with Crippen LogP contribution in [0.4, 0.5) is 5.69 Å². The van der Waals surface area contributed by atoms with Gasteiger partial charge in [-0.1, -0.05) is 24.3 Å². The van der Waals surface area contributed by atoms with Crippen molar-refractivity contribution in [1.29, 1.82) is 5.26 Å². The monoisotopic (exact) mass is 309 g/mol. The van der Waals surface area contributed by atoms with Gasteiger partial charge in [-0.25, -0.2) is 0 Å². The highest BCUT2D eigenvalue weighted by atomic mass is 16.5. The Morgan fingerprint density at radius 1 is 1.13 bits per heavy atom. The van der Waals surface area contributed by atoms with Gasteiger partial charge in [0.1, 0.15) is 11.8 Å². The third kappa shape index (κ3) is 4.08. The van der Waals surface area contributed by atoms with E-state index in [4.69, 9.17) is 10.00 Å². The van der Waals surface area contributed by atoms with Crippen LogP contribution in [0, 0.1) is 11.3 Å². The van der Waals surface area contributed by atoms with Gasteiger partial charge in [0.15, 0.2) is 6.61 Å². The fraction of sp³-hybridized carbons (Fsp3) is 0.118. The molecule has 0 fully saturated rings. The minimum atomic E-state index is -0.422. The first-order valence-electron chi connectivity index (χ1n) is 6.88. The molecule has 0 aliphatic heterocycles. The third-order valence-corrected chi connectivity index (χ3v) is 3.04. The second kappa shape index (κ2) is 7.61. The first-order valence-corrected chi connectivity index (χ1v) is 6.88. The molecule has 0 heterocycles. The molecule has 2 aromatic carbocycles. The molecule has 0 saturated heterocycles. The van der Waals surface area contributed by atoms with Crippen LogP contribution in [0.2, 0.25) is 0 Å². The van der Waals surface area contributed by atoms with Crippen molar-refractivity contribution in [2.75, 3.05) is 19.0 Å². The molecule has 2 aromatic rings. The highest BCUT2D eigenvalue weighted by Crippen LogP contribution is 2.17. The number of hydrogen-bond donors (Lipinski definition) is 2. The van der Waals surface area contributed by atoms with Crippen molar-refractivity contribution in [3.63, 3.8) is 0 Å². The molecule has 6 nitrogen and oxygen atoms in total. The zero-order valence-electron chi connectivity index (χ0n) is 12.5. The Balaban J connectivity index is 2.04. The minimum absolute atomic E-state index is 0.263. The van der Waals surface area contributed by atoms with Crippen molar-refractivity contribution in [2.24, 2.45) is 0 Å². The van der Waals surface area contributed by atoms with Gasteiger partial charge in [0.05, 0.1) is 16.8 Å². The summed E-state index contributed by atoms with van der Waals surface area (Å²) in [5.41, 5.74) is 1.11. The highest BCUT2D eigenvalue weighted by Gasteiger charge is 2.12. The Morgan fingerprint density at radius 3 is 2.57 bits per heavy atom. The molecular weight excluding hydrogens is 294 g/mol. The Labute approximate surface area is 133 Å². The van der Waals surface area contributed by atoms with Crippen LogP contribution in [0.1, 0.15) is 15.9 Å². The van der Waals surface area contributed by atoms with E-state index in [2.05, 4.69) is 10.6 Å². The molecule has 0 aliphatic carbocycles. The van der Waals surface area contributed by atoms with Crippen molar-refractivity contribution >= 4 is 17.5 Å².